The quantitative estimate of drug-likeness (QED) is 0.841. The lowest BCUT2D eigenvalue weighted by molar-refractivity contribution is -0.360. The van der Waals surface area contributed by atoms with Gasteiger partial charge in [-0.15, -0.1) is 0 Å². The van der Waals surface area contributed by atoms with E-state index in [1.165, 1.54) is 6.07 Å². The summed E-state index contributed by atoms with van der Waals surface area (Å²) in [4.78, 5) is 26.7. The molecule has 1 aromatic carbocycles. The average Bonchev–Trinajstić information content (AvgIpc) is 2.52. The fourth-order valence-electron chi connectivity index (χ4n) is 2.27. The third kappa shape index (κ3) is 4.32. The molecule has 2 aromatic rings. The third-order valence-corrected chi connectivity index (χ3v) is 3.45. The Morgan fingerprint density at radius 3 is 2.54 bits per heavy atom. The van der Waals surface area contributed by atoms with Crippen molar-refractivity contribution in [2.45, 2.75) is 26.2 Å². The van der Waals surface area contributed by atoms with E-state index in [2.05, 4.69) is 31.1 Å². The second kappa shape index (κ2) is 7.12. The molecule has 0 unspecified atom stereocenters. The number of benzene rings is 1. The Morgan fingerprint density at radius 1 is 1.17 bits per heavy atom. The lowest BCUT2D eigenvalue weighted by Gasteiger charge is -2.22. The fourth-order valence-corrected chi connectivity index (χ4v) is 2.27. The molecule has 24 heavy (non-hydrogen) atoms. The molecule has 0 bridgehead atoms. The maximum Gasteiger partial charge on any atom is 0.347 e. The third-order valence-electron chi connectivity index (χ3n) is 3.45. The number of para-hydroxylation sites is 1. The van der Waals surface area contributed by atoms with Crippen LogP contribution in [-0.4, -0.2) is 18.5 Å². The molecule has 0 aliphatic rings. The monoisotopic (exact) mass is 328 g/mol. The zero-order valence-corrected chi connectivity index (χ0v) is 14.1. The second-order valence-electron chi connectivity index (χ2n) is 6.42. The zero-order valence-electron chi connectivity index (χ0n) is 14.1. The standard InChI is InChI=1S/C18H21N3O3/c1-18(2,3)13-8-4-5-9-14(13)21-15(22)11-24-17(23)12-7-6-10-20-16(12)19/h4-10H,11H2,1-3H3,(H2,19,20)(H,21,22)/p+1. The molecule has 0 radical (unpaired) electrons. The molecule has 0 saturated carbocycles. The molecule has 6 nitrogen and oxygen atoms in total. The smallest absolute Gasteiger partial charge is 0.347 e. The van der Waals surface area contributed by atoms with E-state index in [0.717, 1.165) is 5.56 Å². The minimum absolute atomic E-state index is 0.116. The summed E-state index contributed by atoms with van der Waals surface area (Å²) in [5.41, 5.74) is 7.45. The van der Waals surface area contributed by atoms with Gasteiger partial charge in [0.1, 0.15) is 5.56 Å². The molecule has 2 rings (SSSR count). The van der Waals surface area contributed by atoms with E-state index in [4.69, 9.17) is 10.5 Å². The van der Waals surface area contributed by atoms with E-state index < -0.39 is 11.9 Å². The topological polar surface area (TPSA) is 95.6 Å². The highest BCUT2D eigenvalue weighted by molar-refractivity contribution is 5.97. The lowest BCUT2D eigenvalue weighted by Crippen LogP contribution is -2.24. The predicted molar refractivity (Wildman–Crippen MR) is 91.5 cm³/mol. The number of carbonyl (C=O) groups excluding carboxylic acids is 2. The first-order valence-electron chi connectivity index (χ1n) is 7.61. The van der Waals surface area contributed by atoms with Gasteiger partial charge in [0.2, 0.25) is 0 Å². The maximum absolute atomic E-state index is 12.1. The van der Waals surface area contributed by atoms with Gasteiger partial charge >= 0.3 is 5.97 Å². The number of ether oxygens (including phenoxy) is 1. The van der Waals surface area contributed by atoms with Crippen LogP contribution in [0, 0.1) is 0 Å². The number of nitrogens with two attached hydrogens (primary N) is 1. The highest BCUT2D eigenvalue weighted by Crippen LogP contribution is 2.29. The first kappa shape index (κ1) is 17.5. The highest BCUT2D eigenvalue weighted by atomic mass is 16.5. The van der Waals surface area contributed by atoms with Crippen molar-refractivity contribution in [1.29, 1.82) is 0 Å². The summed E-state index contributed by atoms with van der Waals surface area (Å²) >= 11 is 0. The van der Waals surface area contributed by atoms with Gasteiger partial charge in [-0.3, -0.25) is 10.5 Å². The fraction of sp³-hybridized carbons (Fsp3) is 0.278. The van der Waals surface area contributed by atoms with Crippen molar-refractivity contribution in [3.8, 4) is 0 Å². The molecule has 0 aliphatic heterocycles. The van der Waals surface area contributed by atoms with Gasteiger partial charge in [0.05, 0.1) is 6.20 Å². The summed E-state index contributed by atoms with van der Waals surface area (Å²) in [5, 5.41) is 2.78. The van der Waals surface area contributed by atoms with E-state index in [1.54, 1.807) is 12.3 Å². The van der Waals surface area contributed by atoms with Crippen molar-refractivity contribution in [2.75, 3.05) is 17.7 Å². The molecule has 0 saturated heterocycles. The summed E-state index contributed by atoms with van der Waals surface area (Å²) < 4.78 is 5.02. The summed E-state index contributed by atoms with van der Waals surface area (Å²) in [7, 11) is 0. The van der Waals surface area contributed by atoms with Gasteiger partial charge in [-0.05, 0) is 29.2 Å². The van der Waals surface area contributed by atoms with Crippen LogP contribution in [0.2, 0.25) is 0 Å². The Bertz CT molecular complexity index is 751. The molecule has 0 aliphatic carbocycles. The van der Waals surface area contributed by atoms with E-state index in [0.29, 0.717) is 5.69 Å². The molecule has 0 atom stereocenters. The molecule has 126 valence electrons. The molecule has 6 heteroatoms. The summed E-state index contributed by atoms with van der Waals surface area (Å²) in [6.45, 7) is 5.80. The first-order valence-corrected chi connectivity index (χ1v) is 7.61. The SMILES string of the molecule is CC(C)(C)c1ccccc1NC(=O)COC(=O)c1ccc[nH+]c1N. The molecule has 0 fully saturated rings. The van der Waals surface area contributed by atoms with E-state index in [9.17, 15) is 9.59 Å². The van der Waals surface area contributed by atoms with Crippen molar-refractivity contribution in [3.63, 3.8) is 0 Å². The Balaban J connectivity index is 2.00. The minimum atomic E-state index is -0.649. The van der Waals surface area contributed by atoms with E-state index in [-0.39, 0.29) is 23.4 Å². The Morgan fingerprint density at radius 2 is 1.88 bits per heavy atom. The number of aromatic amines is 1. The van der Waals surface area contributed by atoms with Gasteiger partial charge in [0.15, 0.2) is 6.61 Å². The number of pyridine rings is 1. The van der Waals surface area contributed by atoms with Crippen molar-refractivity contribution in [2.24, 2.45) is 0 Å². The summed E-state index contributed by atoms with van der Waals surface area (Å²) in [6, 6.07) is 10.7. The van der Waals surface area contributed by atoms with Crippen LogP contribution in [-0.2, 0) is 14.9 Å². The van der Waals surface area contributed by atoms with Crippen LogP contribution >= 0.6 is 0 Å². The van der Waals surface area contributed by atoms with Crippen molar-refractivity contribution >= 4 is 23.4 Å². The molecular weight excluding hydrogens is 306 g/mol. The lowest BCUT2D eigenvalue weighted by atomic mass is 9.86. The van der Waals surface area contributed by atoms with Crippen molar-refractivity contribution in [3.05, 3.63) is 53.7 Å². The molecule has 4 N–H and O–H groups in total. The normalized spacial score (nSPS) is 11.0. The number of hydrogen-bond donors (Lipinski definition) is 2. The second-order valence-corrected chi connectivity index (χ2v) is 6.42. The number of anilines is 2. The molecule has 0 spiro atoms. The van der Waals surface area contributed by atoms with Gasteiger partial charge in [0.25, 0.3) is 11.7 Å². The van der Waals surface area contributed by atoms with Crippen LogP contribution in [0.3, 0.4) is 0 Å². The van der Waals surface area contributed by atoms with Gasteiger partial charge in [-0.1, -0.05) is 39.0 Å². The summed E-state index contributed by atoms with van der Waals surface area (Å²) in [6.07, 6.45) is 1.60. The van der Waals surface area contributed by atoms with Crippen LogP contribution in [0.4, 0.5) is 11.5 Å². The van der Waals surface area contributed by atoms with Crippen LogP contribution < -0.4 is 16.0 Å². The minimum Gasteiger partial charge on any atom is -0.452 e. The van der Waals surface area contributed by atoms with Gasteiger partial charge in [-0.25, -0.2) is 9.78 Å². The number of H-pyrrole nitrogens is 1. The predicted octanol–water partition coefficient (Wildman–Crippen LogP) is 2.18. The Labute approximate surface area is 141 Å². The van der Waals surface area contributed by atoms with Crippen LogP contribution in [0.1, 0.15) is 36.7 Å². The number of nitrogens with one attached hydrogen (secondary N) is 2. The van der Waals surface area contributed by atoms with E-state index in [1.807, 2.05) is 24.3 Å². The van der Waals surface area contributed by atoms with Gasteiger partial charge in [0, 0.05) is 5.69 Å². The number of aromatic nitrogens is 1. The van der Waals surface area contributed by atoms with Crippen molar-refractivity contribution in [1.82, 2.24) is 0 Å². The molecular formula is C18H22N3O3+. The Hall–Kier alpha value is -2.89. The van der Waals surface area contributed by atoms with Crippen molar-refractivity contribution < 1.29 is 19.3 Å². The number of esters is 1. The number of amides is 1. The average molecular weight is 328 g/mol. The molecule has 1 amide bonds. The Kier molecular flexibility index (Phi) is 5.18. The number of hydrogen-bond acceptors (Lipinski definition) is 4. The van der Waals surface area contributed by atoms with Crippen LogP contribution in [0.5, 0.6) is 0 Å². The number of rotatable bonds is 4. The zero-order chi connectivity index (χ0) is 17.7. The van der Waals surface area contributed by atoms with Gasteiger partial charge in [-0.2, -0.15) is 0 Å². The van der Waals surface area contributed by atoms with Crippen LogP contribution in [0.15, 0.2) is 42.6 Å². The number of carbonyl (C=O) groups is 2. The highest BCUT2D eigenvalue weighted by Gasteiger charge is 2.20. The maximum atomic E-state index is 12.1. The molecule has 1 heterocycles. The number of nitrogen functional groups attached to an aromatic ring is 1. The molecule has 1 aromatic heterocycles. The van der Waals surface area contributed by atoms with E-state index >= 15 is 0 Å². The first-order chi connectivity index (χ1) is 11.3. The largest absolute Gasteiger partial charge is 0.452 e. The van der Waals surface area contributed by atoms with Crippen LogP contribution in [0.25, 0.3) is 0 Å². The van der Waals surface area contributed by atoms with Gasteiger partial charge < -0.3 is 10.1 Å². The summed E-state index contributed by atoms with van der Waals surface area (Å²) in [5.74, 6) is -0.858.